The molecule has 2 rings (SSSR count). The lowest BCUT2D eigenvalue weighted by molar-refractivity contribution is -0.140. The van der Waals surface area contributed by atoms with Crippen molar-refractivity contribution in [3.05, 3.63) is 63.4 Å². The Morgan fingerprint density at radius 3 is 2.39 bits per heavy atom. The van der Waals surface area contributed by atoms with Gasteiger partial charge in [0.15, 0.2) is 5.82 Å². The molecular formula is C15H11BrF4N2O. The summed E-state index contributed by atoms with van der Waals surface area (Å²) in [6.07, 6.45) is -4.94. The first-order chi connectivity index (χ1) is 10.7. The Hall–Kier alpha value is -2.09. The Labute approximate surface area is 137 Å². The fraction of sp³-hybridized carbons (Fsp3) is 0.133. The van der Waals surface area contributed by atoms with E-state index in [-0.39, 0.29) is 10.0 Å². The van der Waals surface area contributed by atoms with Crippen LogP contribution < -0.4 is 11.1 Å². The van der Waals surface area contributed by atoms with Gasteiger partial charge in [-0.1, -0.05) is 34.1 Å². The van der Waals surface area contributed by atoms with Gasteiger partial charge in [0, 0.05) is 22.1 Å². The van der Waals surface area contributed by atoms with Crippen molar-refractivity contribution in [3.8, 4) is 0 Å². The van der Waals surface area contributed by atoms with Gasteiger partial charge >= 0.3 is 6.18 Å². The van der Waals surface area contributed by atoms with Crippen molar-refractivity contribution in [2.45, 2.75) is 12.7 Å². The molecule has 0 unspecified atom stereocenters. The second kappa shape index (κ2) is 6.57. The molecule has 2 aromatic carbocycles. The highest BCUT2D eigenvalue weighted by atomic mass is 79.9. The topological polar surface area (TPSA) is 55.1 Å². The largest absolute Gasteiger partial charge is 0.419 e. The van der Waals surface area contributed by atoms with E-state index in [9.17, 15) is 22.4 Å². The van der Waals surface area contributed by atoms with Gasteiger partial charge in [0.25, 0.3) is 5.91 Å². The average Bonchev–Trinajstić information content (AvgIpc) is 2.48. The van der Waals surface area contributed by atoms with Crippen molar-refractivity contribution in [2.24, 2.45) is 0 Å². The van der Waals surface area contributed by atoms with Gasteiger partial charge in [0.05, 0.1) is 11.3 Å². The van der Waals surface area contributed by atoms with Gasteiger partial charge in [0.1, 0.15) is 0 Å². The van der Waals surface area contributed by atoms with E-state index in [4.69, 9.17) is 5.73 Å². The van der Waals surface area contributed by atoms with E-state index in [1.54, 1.807) is 18.2 Å². The number of hydrogen-bond donors (Lipinski definition) is 2. The van der Waals surface area contributed by atoms with Crippen LogP contribution in [0, 0.1) is 5.82 Å². The van der Waals surface area contributed by atoms with Crippen LogP contribution in [-0.4, -0.2) is 5.91 Å². The van der Waals surface area contributed by atoms with Crippen LogP contribution in [-0.2, 0) is 12.7 Å². The van der Waals surface area contributed by atoms with Gasteiger partial charge in [-0.15, -0.1) is 0 Å². The number of halogens is 5. The molecule has 8 heteroatoms. The molecule has 23 heavy (non-hydrogen) atoms. The van der Waals surface area contributed by atoms with Gasteiger partial charge in [-0.3, -0.25) is 4.79 Å². The van der Waals surface area contributed by atoms with E-state index in [1.165, 1.54) is 12.1 Å². The van der Waals surface area contributed by atoms with Crippen LogP contribution in [0.3, 0.4) is 0 Å². The summed E-state index contributed by atoms with van der Waals surface area (Å²) in [6.45, 7) is -0.500. The first-order valence-corrected chi connectivity index (χ1v) is 7.18. The molecule has 3 nitrogen and oxygen atoms in total. The molecule has 0 saturated carbocycles. The molecule has 2 aromatic rings. The second-order valence-corrected chi connectivity index (χ2v) is 5.52. The maximum atomic E-state index is 13.8. The maximum absolute atomic E-state index is 13.8. The van der Waals surface area contributed by atoms with Crippen LogP contribution in [0.4, 0.5) is 23.2 Å². The normalized spacial score (nSPS) is 11.3. The number of anilines is 1. The fourth-order valence-corrected chi connectivity index (χ4v) is 2.60. The second-order valence-electron chi connectivity index (χ2n) is 4.66. The van der Waals surface area contributed by atoms with E-state index < -0.39 is 41.3 Å². The molecule has 0 fully saturated rings. The summed E-state index contributed by atoms with van der Waals surface area (Å²) in [5.41, 5.74) is 2.99. The number of nitrogens with two attached hydrogens (primary N) is 1. The first kappa shape index (κ1) is 17.3. The Kier molecular flexibility index (Phi) is 4.93. The molecule has 3 N–H and O–H groups in total. The highest BCUT2D eigenvalue weighted by molar-refractivity contribution is 9.10. The Morgan fingerprint density at radius 1 is 1.22 bits per heavy atom. The number of rotatable bonds is 3. The summed E-state index contributed by atoms with van der Waals surface area (Å²) >= 11 is 2.93. The lowest BCUT2D eigenvalue weighted by Gasteiger charge is -2.17. The third-order valence-electron chi connectivity index (χ3n) is 3.09. The lowest BCUT2D eigenvalue weighted by atomic mass is 10.0. The molecule has 0 radical (unpaired) electrons. The minimum absolute atomic E-state index is 0.0305. The van der Waals surface area contributed by atoms with Crippen molar-refractivity contribution >= 4 is 27.5 Å². The molecule has 0 spiro atoms. The third-order valence-corrected chi connectivity index (χ3v) is 3.80. The van der Waals surface area contributed by atoms with Crippen LogP contribution in [0.25, 0.3) is 0 Å². The number of nitrogen functional groups attached to an aromatic ring is 1. The Bertz CT molecular complexity index is 732. The average molecular weight is 391 g/mol. The number of alkyl halides is 3. The van der Waals surface area contributed by atoms with Gasteiger partial charge < -0.3 is 11.1 Å². The Morgan fingerprint density at radius 2 is 1.83 bits per heavy atom. The van der Waals surface area contributed by atoms with Crippen molar-refractivity contribution in [3.63, 3.8) is 0 Å². The van der Waals surface area contributed by atoms with Gasteiger partial charge in [-0.2, -0.15) is 13.2 Å². The zero-order valence-corrected chi connectivity index (χ0v) is 13.1. The van der Waals surface area contributed by atoms with E-state index >= 15 is 0 Å². The van der Waals surface area contributed by atoms with E-state index in [0.29, 0.717) is 0 Å². The number of hydrogen-bond acceptors (Lipinski definition) is 2. The highest BCUT2D eigenvalue weighted by Crippen LogP contribution is 2.39. The van der Waals surface area contributed by atoms with Crippen molar-refractivity contribution in [1.82, 2.24) is 5.32 Å². The summed E-state index contributed by atoms with van der Waals surface area (Å²) in [5, 5.41) is 2.34. The smallest absolute Gasteiger partial charge is 0.396 e. The fourth-order valence-electron chi connectivity index (χ4n) is 2.01. The van der Waals surface area contributed by atoms with Gasteiger partial charge in [0.2, 0.25) is 0 Å². The SMILES string of the molecule is Nc1cc(Br)c(CNC(=O)c2ccccc2)c(C(F)(F)F)c1F. The minimum Gasteiger partial charge on any atom is -0.396 e. The molecule has 0 aliphatic carbocycles. The molecule has 0 heterocycles. The standard InChI is InChI=1S/C15H11BrF4N2O/c16-10-6-11(21)13(17)12(15(18,19)20)9(10)7-22-14(23)8-4-2-1-3-5-8/h1-6H,7,21H2,(H,22,23). The number of nitrogens with one attached hydrogen (secondary N) is 1. The summed E-state index contributed by atoms with van der Waals surface area (Å²) in [4.78, 5) is 11.9. The van der Waals surface area contributed by atoms with Gasteiger partial charge in [-0.25, -0.2) is 4.39 Å². The molecule has 0 aliphatic heterocycles. The van der Waals surface area contributed by atoms with Crippen LogP contribution in [0.1, 0.15) is 21.5 Å². The predicted molar refractivity (Wildman–Crippen MR) is 81.1 cm³/mol. The predicted octanol–water partition coefficient (Wildman–Crippen LogP) is 4.12. The summed E-state index contributed by atoms with van der Waals surface area (Å²) in [5.74, 6) is -2.12. The molecule has 122 valence electrons. The summed E-state index contributed by atoms with van der Waals surface area (Å²) in [6, 6.07) is 9.00. The maximum Gasteiger partial charge on any atom is 0.419 e. The van der Waals surface area contributed by atoms with Gasteiger partial charge in [-0.05, 0) is 18.2 Å². The number of carbonyl (C=O) groups is 1. The molecule has 0 atom stereocenters. The van der Waals surface area contributed by atoms with E-state index in [0.717, 1.165) is 6.07 Å². The quantitative estimate of drug-likeness (QED) is 0.611. The van der Waals surface area contributed by atoms with Crippen LogP contribution in [0.15, 0.2) is 40.9 Å². The van der Waals surface area contributed by atoms with Crippen LogP contribution in [0.2, 0.25) is 0 Å². The molecule has 0 aromatic heterocycles. The zero-order valence-electron chi connectivity index (χ0n) is 11.5. The molecule has 1 amide bonds. The molecular weight excluding hydrogens is 380 g/mol. The number of amides is 1. The van der Waals surface area contributed by atoms with Crippen LogP contribution >= 0.6 is 15.9 Å². The summed E-state index contributed by atoms with van der Waals surface area (Å²) in [7, 11) is 0. The monoisotopic (exact) mass is 390 g/mol. The lowest BCUT2D eigenvalue weighted by Crippen LogP contribution is -2.25. The number of benzene rings is 2. The van der Waals surface area contributed by atoms with Crippen molar-refractivity contribution in [2.75, 3.05) is 5.73 Å². The van der Waals surface area contributed by atoms with E-state index in [1.807, 2.05) is 0 Å². The van der Waals surface area contributed by atoms with Crippen molar-refractivity contribution in [1.29, 1.82) is 0 Å². The first-order valence-electron chi connectivity index (χ1n) is 6.38. The molecule has 0 saturated heterocycles. The highest BCUT2D eigenvalue weighted by Gasteiger charge is 2.38. The number of carbonyl (C=O) groups excluding carboxylic acids is 1. The van der Waals surface area contributed by atoms with E-state index in [2.05, 4.69) is 21.2 Å². The summed E-state index contributed by atoms with van der Waals surface area (Å²) < 4.78 is 53.0. The van der Waals surface area contributed by atoms with Crippen LogP contribution in [0.5, 0.6) is 0 Å². The zero-order chi connectivity index (χ0) is 17.2. The van der Waals surface area contributed by atoms with Crippen molar-refractivity contribution < 1.29 is 22.4 Å². The molecule has 0 aliphatic rings. The third kappa shape index (κ3) is 3.82. The Balaban J connectivity index is 2.33. The minimum atomic E-state index is -4.94. The molecule has 0 bridgehead atoms.